The second-order valence-electron chi connectivity index (χ2n) is 6.00. The van der Waals surface area contributed by atoms with Crippen molar-refractivity contribution in [3.05, 3.63) is 10.6 Å². The van der Waals surface area contributed by atoms with E-state index in [1.807, 2.05) is 14.1 Å². The van der Waals surface area contributed by atoms with Crippen molar-refractivity contribution in [2.75, 3.05) is 45.2 Å². The van der Waals surface area contributed by atoms with E-state index in [9.17, 15) is 5.11 Å². The van der Waals surface area contributed by atoms with E-state index in [4.69, 9.17) is 0 Å². The average Bonchev–Trinajstić information content (AvgIpc) is 2.82. The molecule has 1 fully saturated rings. The molecule has 0 unspecified atom stereocenters. The van der Waals surface area contributed by atoms with E-state index in [2.05, 4.69) is 27.0 Å². The molecule has 0 atom stereocenters. The molecule has 21 heavy (non-hydrogen) atoms. The average molecular weight is 312 g/mol. The molecule has 1 aromatic rings. The smallest absolute Gasteiger partial charge is 0.185 e. The van der Waals surface area contributed by atoms with Crippen LogP contribution in [0.3, 0.4) is 0 Å². The molecule has 2 heterocycles. The van der Waals surface area contributed by atoms with Gasteiger partial charge in [0.2, 0.25) is 0 Å². The fourth-order valence-electron chi connectivity index (χ4n) is 2.54. The fraction of sp³-hybridized carbons (Fsp3) is 0.800. The summed E-state index contributed by atoms with van der Waals surface area (Å²) in [6.45, 7) is 7.25. The molecule has 0 radical (unpaired) electrons. The molecule has 2 N–H and O–H groups in total. The molecule has 120 valence electrons. The van der Waals surface area contributed by atoms with Gasteiger partial charge in [0.15, 0.2) is 5.13 Å². The standard InChI is InChI=1S/C15H28N4OS/c1-12-14(21-15(17-12)18(2)3)11-16-7-4-8-19-9-5-13(20)6-10-19/h13,16,20H,4-11H2,1-3H3. The molecule has 1 saturated heterocycles. The van der Waals surface area contributed by atoms with Gasteiger partial charge < -0.3 is 20.2 Å². The Morgan fingerprint density at radius 1 is 1.38 bits per heavy atom. The number of hydrogen-bond acceptors (Lipinski definition) is 6. The number of anilines is 1. The van der Waals surface area contributed by atoms with Gasteiger partial charge in [0, 0.05) is 38.6 Å². The van der Waals surface area contributed by atoms with Gasteiger partial charge in [-0.1, -0.05) is 0 Å². The highest BCUT2D eigenvalue weighted by Gasteiger charge is 2.16. The van der Waals surface area contributed by atoms with Crippen molar-refractivity contribution in [3.63, 3.8) is 0 Å². The number of aliphatic hydroxyl groups is 1. The lowest BCUT2D eigenvalue weighted by Gasteiger charge is -2.29. The summed E-state index contributed by atoms with van der Waals surface area (Å²) in [7, 11) is 4.07. The third kappa shape index (κ3) is 5.21. The van der Waals surface area contributed by atoms with E-state index in [1.54, 1.807) is 11.3 Å². The minimum Gasteiger partial charge on any atom is -0.393 e. The summed E-state index contributed by atoms with van der Waals surface area (Å²) >= 11 is 1.77. The van der Waals surface area contributed by atoms with Crippen molar-refractivity contribution in [1.82, 2.24) is 15.2 Å². The summed E-state index contributed by atoms with van der Waals surface area (Å²) in [6.07, 6.45) is 2.95. The highest BCUT2D eigenvalue weighted by Crippen LogP contribution is 2.24. The molecular weight excluding hydrogens is 284 g/mol. The van der Waals surface area contributed by atoms with Gasteiger partial charge in [-0.05, 0) is 39.3 Å². The van der Waals surface area contributed by atoms with Gasteiger partial charge in [-0.2, -0.15) is 0 Å². The van der Waals surface area contributed by atoms with Crippen molar-refractivity contribution < 1.29 is 5.11 Å². The van der Waals surface area contributed by atoms with E-state index in [-0.39, 0.29) is 6.10 Å². The first-order valence-electron chi connectivity index (χ1n) is 7.81. The van der Waals surface area contributed by atoms with Crippen molar-refractivity contribution in [3.8, 4) is 0 Å². The molecule has 6 heteroatoms. The van der Waals surface area contributed by atoms with Crippen LogP contribution in [0.25, 0.3) is 0 Å². The van der Waals surface area contributed by atoms with Gasteiger partial charge in [0.25, 0.3) is 0 Å². The topological polar surface area (TPSA) is 51.6 Å². The number of likely N-dealkylation sites (tertiary alicyclic amines) is 1. The summed E-state index contributed by atoms with van der Waals surface area (Å²) in [5.41, 5.74) is 1.14. The third-order valence-corrected chi connectivity index (χ3v) is 5.26. The highest BCUT2D eigenvalue weighted by molar-refractivity contribution is 7.15. The number of nitrogens with one attached hydrogen (secondary N) is 1. The molecule has 1 aromatic heterocycles. The fourth-order valence-corrected chi connectivity index (χ4v) is 3.49. The van der Waals surface area contributed by atoms with Gasteiger partial charge in [-0.3, -0.25) is 0 Å². The lowest BCUT2D eigenvalue weighted by Crippen LogP contribution is -2.37. The van der Waals surface area contributed by atoms with Crippen LogP contribution in [0.15, 0.2) is 0 Å². The number of nitrogens with zero attached hydrogens (tertiary/aromatic N) is 3. The Morgan fingerprint density at radius 2 is 2.10 bits per heavy atom. The van der Waals surface area contributed by atoms with Gasteiger partial charge in [0.05, 0.1) is 11.8 Å². The van der Waals surface area contributed by atoms with Crippen LogP contribution in [0.4, 0.5) is 5.13 Å². The van der Waals surface area contributed by atoms with Gasteiger partial charge in [0.1, 0.15) is 0 Å². The molecule has 1 aliphatic rings. The van der Waals surface area contributed by atoms with E-state index in [1.165, 1.54) is 4.88 Å². The zero-order chi connectivity index (χ0) is 15.2. The molecule has 0 bridgehead atoms. The van der Waals surface area contributed by atoms with Crippen molar-refractivity contribution in [2.24, 2.45) is 0 Å². The minimum atomic E-state index is -0.0698. The highest BCUT2D eigenvalue weighted by atomic mass is 32.1. The number of aryl methyl sites for hydroxylation is 1. The second-order valence-corrected chi connectivity index (χ2v) is 7.06. The van der Waals surface area contributed by atoms with E-state index in [0.29, 0.717) is 0 Å². The van der Waals surface area contributed by atoms with Crippen LogP contribution in [-0.4, -0.2) is 61.4 Å². The molecule has 0 aromatic carbocycles. The van der Waals surface area contributed by atoms with Gasteiger partial charge >= 0.3 is 0 Å². The van der Waals surface area contributed by atoms with Crippen molar-refractivity contribution >= 4 is 16.5 Å². The van der Waals surface area contributed by atoms with Gasteiger partial charge in [-0.25, -0.2) is 4.98 Å². The normalized spacial score (nSPS) is 17.3. The monoisotopic (exact) mass is 312 g/mol. The van der Waals surface area contributed by atoms with E-state index >= 15 is 0 Å². The Morgan fingerprint density at radius 3 is 2.71 bits per heavy atom. The molecule has 0 aliphatic carbocycles. The van der Waals surface area contributed by atoms with E-state index < -0.39 is 0 Å². The summed E-state index contributed by atoms with van der Waals surface area (Å²) in [6, 6.07) is 0. The van der Waals surface area contributed by atoms with Crippen LogP contribution in [0, 0.1) is 6.92 Å². The predicted octanol–water partition coefficient (Wildman–Crippen LogP) is 1.45. The zero-order valence-electron chi connectivity index (χ0n) is 13.4. The number of hydrogen-bond donors (Lipinski definition) is 2. The minimum absolute atomic E-state index is 0.0698. The van der Waals surface area contributed by atoms with Crippen LogP contribution in [0.1, 0.15) is 29.8 Å². The van der Waals surface area contributed by atoms with Crippen molar-refractivity contribution in [2.45, 2.75) is 38.8 Å². The maximum atomic E-state index is 9.48. The van der Waals surface area contributed by atoms with Crippen LogP contribution >= 0.6 is 11.3 Å². The molecule has 0 amide bonds. The Labute approximate surface area is 132 Å². The van der Waals surface area contributed by atoms with Crippen LogP contribution in [0.5, 0.6) is 0 Å². The summed E-state index contributed by atoms with van der Waals surface area (Å²) < 4.78 is 0. The number of piperidine rings is 1. The predicted molar refractivity (Wildman–Crippen MR) is 89.2 cm³/mol. The molecule has 0 saturated carbocycles. The lowest BCUT2D eigenvalue weighted by molar-refractivity contribution is 0.0821. The molecule has 5 nitrogen and oxygen atoms in total. The van der Waals surface area contributed by atoms with Crippen LogP contribution < -0.4 is 10.2 Å². The first-order chi connectivity index (χ1) is 10.1. The van der Waals surface area contributed by atoms with E-state index in [0.717, 1.165) is 62.8 Å². The van der Waals surface area contributed by atoms with Crippen LogP contribution in [0.2, 0.25) is 0 Å². The van der Waals surface area contributed by atoms with Crippen LogP contribution in [-0.2, 0) is 6.54 Å². The molecular formula is C15H28N4OS. The summed E-state index contributed by atoms with van der Waals surface area (Å²) in [4.78, 5) is 10.4. The first-order valence-corrected chi connectivity index (χ1v) is 8.62. The molecule has 1 aliphatic heterocycles. The largest absolute Gasteiger partial charge is 0.393 e. The maximum absolute atomic E-state index is 9.48. The zero-order valence-corrected chi connectivity index (χ0v) is 14.2. The Balaban J connectivity index is 1.61. The van der Waals surface area contributed by atoms with Crippen molar-refractivity contribution in [1.29, 1.82) is 0 Å². The van der Waals surface area contributed by atoms with Gasteiger partial charge in [-0.15, -0.1) is 11.3 Å². The summed E-state index contributed by atoms with van der Waals surface area (Å²) in [5.74, 6) is 0. The second kappa shape index (κ2) is 8.08. The molecule has 2 rings (SSSR count). The Kier molecular flexibility index (Phi) is 6.41. The lowest BCUT2D eigenvalue weighted by atomic mass is 10.1. The maximum Gasteiger partial charge on any atom is 0.185 e. The quantitative estimate of drug-likeness (QED) is 0.747. The number of aliphatic hydroxyl groups excluding tert-OH is 1. The first kappa shape index (κ1) is 16.7. The number of thiazole rings is 1. The number of rotatable bonds is 7. The third-order valence-electron chi connectivity index (χ3n) is 3.93. The number of aromatic nitrogens is 1. The Hall–Kier alpha value is -0.690. The molecule has 0 spiro atoms. The Bertz CT molecular complexity index is 427. The SMILES string of the molecule is Cc1nc(N(C)C)sc1CNCCCN1CCC(O)CC1. The summed E-state index contributed by atoms with van der Waals surface area (Å²) in [5, 5.41) is 14.1.